The lowest BCUT2D eigenvalue weighted by Gasteiger charge is -2.15. The lowest BCUT2D eigenvalue weighted by atomic mass is 10.1. The number of hydrogen-bond donors (Lipinski definition) is 6. The van der Waals surface area contributed by atoms with E-state index in [2.05, 4.69) is 62.0 Å². The number of aryl methyl sites for hydroxylation is 2. The number of carbonyl (C=O) groups excluding carboxylic acids is 2. The average Bonchev–Trinajstić information content (AvgIpc) is 3.97. The number of amides is 2. The van der Waals surface area contributed by atoms with Crippen molar-refractivity contribution in [3.63, 3.8) is 0 Å². The van der Waals surface area contributed by atoms with Gasteiger partial charge < -0.3 is 40.9 Å². The maximum absolute atomic E-state index is 15.3. The molecule has 382 valence electrons. The van der Waals surface area contributed by atoms with Gasteiger partial charge in [-0.05, 0) is 71.8 Å². The van der Waals surface area contributed by atoms with Crippen LogP contribution in [0.3, 0.4) is 0 Å². The fourth-order valence-electron chi connectivity index (χ4n) is 6.74. The van der Waals surface area contributed by atoms with Crippen molar-refractivity contribution in [3.8, 4) is 22.3 Å². The third-order valence-corrected chi connectivity index (χ3v) is 11.0. The minimum atomic E-state index is -4.60. The van der Waals surface area contributed by atoms with Crippen LogP contribution in [0.5, 0.6) is 0 Å². The van der Waals surface area contributed by atoms with Gasteiger partial charge >= 0.3 is 20.6 Å². The number of nitrogens with zero attached hydrogens (tertiary/aromatic N) is 8. The number of alkyl halides is 6. The van der Waals surface area contributed by atoms with Gasteiger partial charge in [0, 0.05) is 61.4 Å². The summed E-state index contributed by atoms with van der Waals surface area (Å²) in [6.07, 6.45) is -0.341. The second kappa shape index (κ2) is 21.9. The number of halogens is 8. The van der Waals surface area contributed by atoms with Crippen LogP contribution in [0.2, 0.25) is 0 Å². The lowest BCUT2D eigenvalue weighted by molar-refractivity contribution is -0.138. The standard InChI is InChI=1S/C46H37F8N14O5P/c1-67-21-31(17-57-67)61-43-55-19-33(25-3-7-27(8-4-25)45(49,50)51)41(65-43)63-37-15-29(11-13-35(37)47)59-39(69)23-72-74(71)73-24-40(70)60-30-12-14-36(48)38(16-30)64-42-34(26-5-9-28(10-6-26)46(52,53)54)20-56-44(66-42)62-32-18-58-68(2)22-32/h3-22,74H,23-24H2,1-2H3,(H,59,69)(H,60,70)(H2,55,61,63,65)(H2,56,62,64,66). The first kappa shape index (κ1) is 51.5. The Kier molecular flexibility index (Phi) is 15.3. The zero-order valence-electron chi connectivity index (χ0n) is 38.1. The summed E-state index contributed by atoms with van der Waals surface area (Å²) in [6, 6.07) is 15.1. The Bertz CT molecular complexity index is 3140. The Hall–Kier alpha value is -8.81. The van der Waals surface area contributed by atoms with E-state index in [0.717, 1.165) is 36.4 Å². The van der Waals surface area contributed by atoms with Gasteiger partial charge in [-0.2, -0.15) is 46.5 Å². The minimum Gasteiger partial charge on any atom is -0.337 e. The molecule has 28 heteroatoms. The maximum atomic E-state index is 15.3. The predicted molar refractivity (Wildman–Crippen MR) is 255 cm³/mol. The van der Waals surface area contributed by atoms with Crippen molar-refractivity contribution >= 4 is 77.7 Å². The second-order valence-electron chi connectivity index (χ2n) is 15.7. The largest absolute Gasteiger partial charge is 0.416 e. The van der Waals surface area contributed by atoms with E-state index in [9.17, 15) is 40.5 Å². The van der Waals surface area contributed by atoms with Crippen molar-refractivity contribution in [2.45, 2.75) is 12.4 Å². The first-order chi connectivity index (χ1) is 35.2. The molecule has 0 aliphatic heterocycles. The monoisotopic (exact) mass is 1050 g/mol. The number of nitrogens with one attached hydrogen (secondary N) is 6. The molecule has 4 aromatic carbocycles. The molecule has 8 rings (SSSR count). The van der Waals surface area contributed by atoms with Crippen molar-refractivity contribution in [2.24, 2.45) is 14.1 Å². The van der Waals surface area contributed by atoms with Gasteiger partial charge in [0.1, 0.15) is 36.5 Å². The number of aromatic nitrogens is 8. The molecule has 74 heavy (non-hydrogen) atoms. The Morgan fingerprint density at radius 3 is 1.30 bits per heavy atom. The lowest BCUT2D eigenvalue weighted by Crippen LogP contribution is -2.18. The van der Waals surface area contributed by atoms with Crippen molar-refractivity contribution in [1.29, 1.82) is 0 Å². The molecular formula is C46H37F8N14O5P. The van der Waals surface area contributed by atoms with Gasteiger partial charge in [0.25, 0.3) is 11.8 Å². The summed E-state index contributed by atoms with van der Waals surface area (Å²) in [5, 5.41) is 24.5. The van der Waals surface area contributed by atoms with Gasteiger partial charge in [0.15, 0.2) is 0 Å². The van der Waals surface area contributed by atoms with Gasteiger partial charge in [0.2, 0.25) is 11.9 Å². The molecule has 8 aromatic rings. The minimum absolute atomic E-state index is 0.0202. The maximum Gasteiger partial charge on any atom is 0.416 e. The summed E-state index contributed by atoms with van der Waals surface area (Å²) < 4.78 is 136. The smallest absolute Gasteiger partial charge is 0.337 e. The van der Waals surface area contributed by atoms with Crippen LogP contribution >= 0.6 is 8.25 Å². The summed E-state index contributed by atoms with van der Waals surface area (Å²) in [5.41, 5.74) is -0.328. The number of rotatable bonds is 18. The first-order valence-electron chi connectivity index (χ1n) is 21.4. The fraction of sp³-hybridized carbons (Fsp3) is 0.130. The number of benzene rings is 4. The van der Waals surface area contributed by atoms with Gasteiger partial charge in [-0.3, -0.25) is 23.5 Å². The molecule has 0 aliphatic carbocycles. The highest BCUT2D eigenvalue weighted by atomic mass is 31.1. The number of carbonyl (C=O) groups is 2. The second-order valence-corrected chi connectivity index (χ2v) is 16.8. The van der Waals surface area contributed by atoms with E-state index in [1.165, 1.54) is 82.7 Å². The Morgan fingerprint density at radius 1 is 0.554 bits per heavy atom. The quantitative estimate of drug-likeness (QED) is 0.0347. The van der Waals surface area contributed by atoms with E-state index in [4.69, 9.17) is 9.05 Å². The zero-order valence-corrected chi connectivity index (χ0v) is 39.1. The predicted octanol–water partition coefficient (Wildman–Crippen LogP) is 10.4. The normalized spacial score (nSPS) is 11.6. The molecule has 19 nitrogen and oxygen atoms in total. The Balaban J connectivity index is 0.878. The van der Waals surface area contributed by atoms with E-state index in [1.807, 2.05) is 0 Å². The molecule has 0 aliphatic rings. The SMILES string of the molecule is Cn1cc(Nc2ncc(-c3ccc(C(F)(F)F)cc3)c(Nc3cc(NC(=O)CO[PH](=O)OCC(=O)Nc4ccc(F)c(Nc5nc(Nc6cnn(C)c6)ncc5-c5ccc(C(F)(F)F)cc5)c4)ccc3F)n2)cn1. The number of hydrogen-bond acceptors (Lipinski definition) is 15. The van der Waals surface area contributed by atoms with Crippen molar-refractivity contribution in [3.05, 3.63) is 145 Å². The van der Waals surface area contributed by atoms with Crippen LogP contribution in [0, 0.1) is 11.6 Å². The molecule has 0 spiro atoms. The highest BCUT2D eigenvalue weighted by Crippen LogP contribution is 2.37. The van der Waals surface area contributed by atoms with Crippen LogP contribution < -0.4 is 31.9 Å². The number of anilines is 10. The van der Waals surface area contributed by atoms with Crippen molar-refractivity contribution in [2.75, 3.05) is 45.1 Å². The molecular weight excluding hydrogens is 1010 g/mol. The van der Waals surface area contributed by atoms with Crippen LogP contribution in [-0.2, 0) is 49.6 Å². The zero-order chi connectivity index (χ0) is 52.7. The van der Waals surface area contributed by atoms with Gasteiger partial charge in [-0.1, -0.05) is 24.3 Å². The molecule has 0 atom stereocenters. The van der Waals surface area contributed by atoms with E-state index < -0.39 is 68.4 Å². The van der Waals surface area contributed by atoms with Crippen LogP contribution in [-0.4, -0.2) is 64.5 Å². The molecule has 0 saturated carbocycles. The van der Waals surface area contributed by atoms with E-state index in [-0.39, 0.29) is 68.5 Å². The molecule has 4 heterocycles. The fourth-order valence-corrected chi connectivity index (χ4v) is 7.32. The van der Waals surface area contributed by atoms with E-state index in [0.29, 0.717) is 11.4 Å². The van der Waals surface area contributed by atoms with Gasteiger partial charge in [-0.25, -0.2) is 18.7 Å². The summed E-state index contributed by atoms with van der Waals surface area (Å²) >= 11 is 0. The van der Waals surface area contributed by atoms with Crippen LogP contribution in [0.4, 0.5) is 92.8 Å². The van der Waals surface area contributed by atoms with Crippen molar-refractivity contribution in [1.82, 2.24) is 39.5 Å². The topological polar surface area (TPSA) is 229 Å². The first-order valence-corrected chi connectivity index (χ1v) is 22.6. The molecule has 0 bridgehead atoms. The summed E-state index contributed by atoms with van der Waals surface area (Å²) in [7, 11) is -0.141. The molecule has 4 aromatic heterocycles. The molecule has 0 unspecified atom stereocenters. The van der Waals surface area contributed by atoms with Crippen molar-refractivity contribution < 1.29 is 58.3 Å². The molecule has 0 fully saturated rings. The third-order valence-electron chi connectivity index (χ3n) is 10.2. The summed E-state index contributed by atoms with van der Waals surface area (Å²) in [5.74, 6) is -3.41. The molecule has 2 amide bonds. The Labute approximate surface area is 413 Å². The van der Waals surface area contributed by atoms with Gasteiger partial charge in [0.05, 0.1) is 46.3 Å². The molecule has 0 radical (unpaired) electrons. The summed E-state index contributed by atoms with van der Waals surface area (Å²) in [4.78, 5) is 43.0. The molecule has 6 N–H and O–H groups in total. The highest BCUT2D eigenvalue weighted by molar-refractivity contribution is 7.33. The average molecular weight is 1050 g/mol. The van der Waals surface area contributed by atoms with Crippen LogP contribution in [0.25, 0.3) is 22.3 Å². The third kappa shape index (κ3) is 13.4. The summed E-state index contributed by atoms with van der Waals surface area (Å²) in [6.45, 7) is -1.70. The van der Waals surface area contributed by atoms with Crippen LogP contribution in [0.1, 0.15) is 11.1 Å². The van der Waals surface area contributed by atoms with Gasteiger partial charge in [-0.15, -0.1) is 0 Å². The van der Waals surface area contributed by atoms with E-state index in [1.54, 1.807) is 26.5 Å². The Morgan fingerprint density at radius 2 is 0.946 bits per heavy atom. The molecule has 0 saturated heterocycles. The van der Waals surface area contributed by atoms with E-state index >= 15 is 8.78 Å². The van der Waals surface area contributed by atoms with Crippen LogP contribution in [0.15, 0.2) is 122 Å². The highest BCUT2D eigenvalue weighted by Gasteiger charge is 2.31.